The topological polar surface area (TPSA) is 130 Å². The predicted molar refractivity (Wildman–Crippen MR) is 227 cm³/mol. The Bertz CT molecular complexity index is 2440. The molecule has 2 aromatic carbocycles. The smallest absolute Gasteiger partial charge is 0.255 e. The molecule has 2 aliphatic carbocycles. The van der Waals surface area contributed by atoms with E-state index in [2.05, 4.69) is 72.5 Å². The maximum absolute atomic E-state index is 15.4. The third-order valence-electron chi connectivity index (χ3n) is 15.9. The molecule has 4 aromatic rings. The van der Waals surface area contributed by atoms with E-state index in [0.717, 1.165) is 85.2 Å². The first-order valence-corrected chi connectivity index (χ1v) is 22.6. The molecule has 318 valence electrons. The summed E-state index contributed by atoms with van der Waals surface area (Å²) in [6.45, 7) is 9.67. The van der Waals surface area contributed by atoms with Crippen LogP contribution in [0.5, 0.6) is 5.75 Å². The minimum atomic E-state index is -1.08. The number of pyridine rings is 1. The number of ether oxygens (including phenoxy) is 1. The molecule has 8 heterocycles. The number of hydrogen-bond donors (Lipinski definition) is 2. The van der Waals surface area contributed by atoms with Crippen molar-refractivity contribution in [3.63, 3.8) is 0 Å². The molecule has 14 heteroatoms. The van der Waals surface area contributed by atoms with E-state index in [1.807, 2.05) is 18.3 Å². The quantitative estimate of drug-likeness (QED) is 0.242. The van der Waals surface area contributed by atoms with Gasteiger partial charge in [-0.15, -0.1) is 0 Å². The Morgan fingerprint density at radius 2 is 1.79 bits per heavy atom. The van der Waals surface area contributed by atoms with Crippen molar-refractivity contribution >= 4 is 40.0 Å². The van der Waals surface area contributed by atoms with Crippen molar-refractivity contribution in [2.45, 2.75) is 101 Å². The van der Waals surface area contributed by atoms with Gasteiger partial charge < -0.3 is 19.4 Å². The summed E-state index contributed by atoms with van der Waals surface area (Å²) in [5.74, 6) is 0.650. The molecule has 2 saturated carbocycles. The zero-order valence-electron chi connectivity index (χ0n) is 34.9. The van der Waals surface area contributed by atoms with Gasteiger partial charge in [-0.1, -0.05) is 6.07 Å². The second-order valence-corrected chi connectivity index (χ2v) is 19.7. The minimum absolute atomic E-state index is 0.0890. The van der Waals surface area contributed by atoms with E-state index in [9.17, 15) is 14.4 Å². The van der Waals surface area contributed by atoms with Crippen molar-refractivity contribution in [2.75, 3.05) is 62.2 Å². The van der Waals surface area contributed by atoms with Crippen LogP contribution in [-0.4, -0.2) is 124 Å². The number of piperidine rings is 2. The number of imide groups is 1. The number of amides is 3. The van der Waals surface area contributed by atoms with Gasteiger partial charge in [-0.05, 0) is 111 Å². The zero-order valence-corrected chi connectivity index (χ0v) is 34.9. The summed E-state index contributed by atoms with van der Waals surface area (Å²) >= 11 is 0. The highest BCUT2D eigenvalue weighted by atomic mass is 19.1. The Kier molecular flexibility index (Phi) is 8.62. The first-order valence-electron chi connectivity index (χ1n) is 22.6. The van der Waals surface area contributed by atoms with Gasteiger partial charge in [-0.3, -0.25) is 39.6 Å². The van der Waals surface area contributed by atoms with Crippen molar-refractivity contribution in [1.29, 1.82) is 0 Å². The standard InChI is InChI=1S/C47H54FN9O4/c1-28-18-34-32(3-6-37-35(34)22-50-52-37)42(57(28)27-47(48)10-11-47)38-5-2-30(21-49-38)54-14-12-46(13-15-54)19-29(20-46)23-53-16-17-55-31(24-53)26-61-43-36-25-56(40-8-9-41(58)51-44(40)59)45(60)33(36)4-7-39(43)55/h2-7,21-22,28-29,31,40,42H,8-20,23-27H2,1H3,(H,50,52)(H,51,58,59)/t28-,31-,40+,42+/m1/s1. The van der Waals surface area contributed by atoms with Gasteiger partial charge in [0.05, 0.1) is 53.6 Å². The van der Waals surface area contributed by atoms with E-state index in [0.29, 0.717) is 49.9 Å². The Labute approximate surface area is 354 Å². The highest BCUT2D eigenvalue weighted by Crippen LogP contribution is 2.54. The third-order valence-corrected chi connectivity index (χ3v) is 15.9. The number of aromatic amines is 1. The highest BCUT2D eigenvalue weighted by Gasteiger charge is 2.50. The van der Waals surface area contributed by atoms with Crippen LogP contribution in [0.2, 0.25) is 0 Å². The molecule has 3 saturated heterocycles. The summed E-state index contributed by atoms with van der Waals surface area (Å²) in [6.07, 6.45) is 11.7. The van der Waals surface area contributed by atoms with E-state index in [1.54, 1.807) is 4.90 Å². The Balaban J connectivity index is 0.657. The number of carbonyl (C=O) groups excluding carboxylic acids is 3. The van der Waals surface area contributed by atoms with Crippen LogP contribution in [0, 0.1) is 11.3 Å². The number of alkyl halides is 1. The van der Waals surface area contributed by atoms with Crippen LogP contribution in [0.4, 0.5) is 15.8 Å². The average Bonchev–Trinajstić information content (AvgIpc) is 3.61. The molecule has 8 aliphatic rings. The van der Waals surface area contributed by atoms with Gasteiger partial charge in [0.2, 0.25) is 11.8 Å². The molecule has 2 N–H and O–H groups in total. The van der Waals surface area contributed by atoms with E-state index in [-0.39, 0.29) is 36.4 Å². The van der Waals surface area contributed by atoms with Crippen LogP contribution in [0.15, 0.2) is 48.8 Å². The SMILES string of the molecule is C[C@@H]1Cc2c(ccc3[nH]ncc23)[C@@H](c2ccc(N3CCC4(CC3)CC(CN3CCN5c6ccc7c(c6OC[C@H]5C3)CN([C@H]3CCC(=O)NC3=O)C7=O)C4)cn2)N1CC1(F)CC1. The van der Waals surface area contributed by atoms with Crippen LogP contribution in [0.25, 0.3) is 10.9 Å². The molecule has 5 fully saturated rings. The number of piperazine rings is 1. The molecule has 4 atom stereocenters. The maximum Gasteiger partial charge on any atom is 0.255 e. The fourth-order valence-electron chi connectivity index (χ4n) is 12.4. The number of anilines is 2. The molecule has 2 aromatic heterocycles. The van der Waals surface area contributed by atoms with Gasteiger partial charge in [0.15, 0.2) is 0 Å². The van der Waals surface area contributed by atoms with Gasteiger partial charge in [-0.25, -0.2) is 4.39 Å². The molecule has 1 spiro atoms. The van der Waals surface area contributed by atoms with Crippen LogP contribution in [-0.2, 0) is 22.6 Å². The first-order chi connectivity index (χ1) is 29.6. The van der Waals surface area contributed by atoms with Crippen molar-refractivity contribution in [3.8, 4) is 5.75 Å². The van der Waals surface area contributed by atoms with Gasteiger partial charge in [0, 0.05) is 74.8 Å². The lowest BCUT2D eigenvalue weighted by Crippen LogP contribution is -2.59. The van der Waals surface area contributed by atoms with E-state index < -0.39 is 17.6 Å². The summed E-state index contributed by atoms with van der Waals surface area (Å²) in [6, 6.07) is 12.4. The van der Waals surface area contributed by atoms with Gasteiger partial charge in [-0.2, -0.15) is 5.10 Å². The number of nitrogens with zero attached hydrogens (tertiary/aromatic N) is 7. The van der Waals surface area contributed by atoms with Crippen LogP contribution in [0.3, 0.4) is 0 Å². The fourth-order valence-corrected chi connectivity index (χ4v) is 12.4. The molecule has 3 amide bonds. The normalized spacial score (nSPS) is 28.2. The van der Waals surface area contributed by atoms with E-state index >= 15 is 4.39 Å². The lowest BCUT2D eigenvalue weighted by molar-refractivity contribution is -0.136. The number of hydrogen-bond acceptors (Lipinski definition) is 10. The Hall–Kier alpha value is -5.08. The lowest BCUT2D eigenvalue weighted by atomic mass is 9.57. The number of aromatic nitrogens is 3. The van der Waals surface area contributed by atoms with Crippen molar-refractivity contribution in [3.05, 3.63) is 76.7 Å². The number of fused-ring (bicyclic) bond motifs is 8. The molecule has 6 aliphatic heterocycles. The molecule has 12 rings (SSSR count). The summed E-state index contributed by atoms with van der Waals surface area (Å²) in [7, 11) is 0. The number of halogens is 1. The van der Waals surface area contributed by atoms with Crippen LogP contribution >= 0.6 is 0 Å². The second kappa shape index (κ2) is 14.0. The maximum atomic E-state index is 15.4. The van der Waals surface area contributed by atoms with Gasteiger partial charge in [0.25, 0.3) is 5.91 Å². The number of carbonyl (C=O) groups is 3. The minimum Gasteiger partial charge on any atom is -0.489 e. The molecule has 0 bridgehead atoms. The summed E-state index contributed by atoms with van der Waals surface area (Å²) in [5, 5.41) is 11.0. The van der Waals surface area contributed by atoms with E-state index in [4.69, 9.17) is 9.72 Å². The lowest BCUT2D eigenvalue weighted by Gasteiger charge is -2.54. The number of benzene rings is 2. The average molecular weight is 828 g/mol. The Morgan fingerprint density at radius 1 is 0.934 bits per heavy atom. The molecule has 0 unspecified atom stereocenters. The predicted octanol–water partition coefficient (Wildman–Crippen LogP) is 5.14. The summed E-state index contributed by atoms with van der Waals surface area (Å²) in [4.78, 5) is 54.4. The molecule has 13 nitrogen and oxygen atoms in total. The van der Waals surface area contributed by atoms with E-state index in [1.165, 1.54) is 42.5 Å². The number of nitrogens with one attached hydrogen (secondary N) is 2. The van der Waals surface area contributed by atoms with Crippen LogP contribution in [0.1, 0.15) is 97.1 Å². The van der Waals surface area contributed by atoms with Crippen molar-refractivity contribution in [1.82, 2.24) is 35.2 Å². The molecule has 61 heavy (non-hydrogen) atoms. The molecule has 0 radical (unpaired) electrons. The van der Waals surface area contributed by atoms with Crippen molar-refractivity contribution in [2.24, 2.45) is 11.3 Å². The summed E-state index contributed by atoms with van der Waals surface area (Å²) in [5.41, 5.74) is 7.59. The molecular formula is C47H54FN9O4. The zero-order chi connectivity index (χ0) is 41.2. The van der Waals surface area contributed by atoms with Gasteiger partial charge in [0.1, 0.15) is 24.1 Å². The third kappa shape index (κ3) is 6.33. The second-order valence-electron chi connectivity index (χ2n) is 19.7. The Morgan fingerprint density at radius 3 is 2.57 bits per heavy atom. The number of rotatable bonds is 7. The summed E-state index contributed by atoms with van der Waals surface area (Å²) < 4.78 is 21.8. The first kappa shape index (κ1) is 37.7. The monoisotopic (exact) mass is 827 g/mol. The highest BCUT2D eigenvalue weighted by molar-refractivity contribution is 6.06. The number of H-pyrrole nitrogens is 1. The molecular weight excluding hydrogens is 774 g/mol. The largest absolute Gasteiger partial charge is 0.489 e. The fraction of sp³-hybridized carbons (Fsp3) is 0.553. The van der Waals surface area contributed by atoms with Crippen molar-refractivity contribution < 1.29 is 23.5 Å². The van der Waals surface area contributed by atoms with Gasteiger partial charge >= 0.3 is 0 Å². The van der Waals surface area contributed by atoms with Crippen LogP contribution < -0.4 is 19.9 Å².